The van der Waals surface area contributed by atoms with Gasteiger partial charge in [0.1, 0.15) is 10.8 Å². The van der Waals surface area contributed by atoms with Gasteiger partial charge in [0.2, 0.25) is 4.80 Å². The standard InChI is InChI=1S/C23H20ClN5O4S/c1-13(2)10-25-23-28(27-14(3)15-4-6-17(24)19(9-15)29(31)32)20(12-34-23)16-5-7-21-18(8-16)26-22(30)11-33-21/h4-9,12H,1,10-11H2,2-3H3,(H,26,30). The first-order chi connectivity index (χ1) is 16.2. The number of rotatable bonds is 6. The van der Waals surface area contributed by atoms with E-state index < -0.39 is 4.92 Å². The Kier molecular flexibility index (Phi) is 6.62. The molecule has 1 aliphatic rings. The van der Waals surface area contributed by atoms with Crippen LogP contribution in [0.2, 0.25) is 5.02 Å². The highest BCUT2D eigenvalue weighted by molar-refractivity contribution is 7.07. The van der Waals surface area contributed by atoms with Gasteiger partial charge in [-0.15, -0.1) is 11.3 Å². The van der Waals surface area contributed by atoms with Crippen molar-refractivity contribution in [3.8, 4) is 17.0 Å². The molecule has 4 rings (SSSR count). The van der Waals surface area contributed by atoms with Crippen LogP contribution in [0.15, 0.2) is 64.0 Å². The molecule has 0 aliphatic carbocycles. The molecule has 2 aromatic carbocycles. The normalized spacial score (nSPS) is 13.8. The van der Waals surface area contributed by atoms with Crippen molar-refractivity contribution in [2.24, 2.45) is 10.1 Å². The number of anilines is 1. The Labute approximate surface area is 203 Å². The minimum absolute atomic E-state index is 0.0224. The summed E-state index contributed by atoms with van der Waals surface area (Å²) in [7, 11) is 0. The number of carbonyl (C=O) groups is 1. The second kappa shape index (κ2) is 9.62. The molecule has 1 aromatic heterocycles. The van der Waals surface area contributed by atoms with Crippen LogP contribution >= 0.6 is 22.9 Å². The lowest BCUT2D eigenvalue weighted by molar-refractivity contribution is -0.384. The Hall–Kier alpha value is -3.76. The van der Waals surface area contributed by atoms with E-state index in [-0.39, 0.29) is 23.2 Å². The lowest BCUT2D eigenvalue weighted by Crippen LogP contribution is -2.25. The Bertz CT molecular complexity index is 1420. The molecule has 0 unspecified atom stereocenters. The molecule has 0 fully saturated rings. The van der Waals surface area contributed by atoms with Crippen molar-refractivity contribution in [3.05, 3.63) is 79.4 Å². The predicted molar refractivity (Wildman–Crippen MR) is 133 cm³/mol. The Morgan fingerprint density at radius 3 is 2.85 bits per heavy atom. The number of nitrogens with zero attached hydrogens (tertiary/aromatic N) is 4. The van der Waals surface area contributed by atoms with Gasteiger partial charge in [-0.25, -0.2) is 4.68 Å². The van der Waals surface area contributed by atoms with Crippen LogP contribution < -0.4 is 14.9 Å². The maximum Gasteiger partial charge on any atom is 0.288 e. The summed E-state index contributed by atoms with van der Waals surface area (Å²) in [4.78, 5) is 27.8. The van der Waals surface area contributed by atoms with Crippen LogP contribution in [0.3, 0.4) is 0 Å². The van der Waals surface area contributed by atoms with Gasteiger partial charge < -0.3 is 10.1 Å². The third-order valence-electron chi connectivity index (χ3n) is 4.89. The first-order valence-corrected chi connectivity index (χ1v) is 11.4. The van der Waals surface area contributed by atoms with Crippen molar-refractivity contribution < 1.29 is 14.5 Å². The molecule has 3 aromatic rings. The molecule has 34 heavy (non-hydrogen) atoms. The lowest BCUT2D eigenvalue weighted by Gasteiger charge is -2.18. The summed E-state index contributed by atoms with van der Waals surface area (Å²) in [6, 6.07) is 10.0. The summed E-state index contributed by atoms with van der Waals surface area (Å²) >= 11 is 7.36. The third-order valence-corrected chi connectivity index (χ3v) is 6.06. The number of nitro benzene ring substituents is 1. The number of ether oxygens (including phenoxy) is 1. The van der Waals surface area contributed by atoms with Gasteiger partial charge in [0.25, 0.3) is 11.6 Å². The monoisotopic (exact) mass is 497 g/mol. The molecule has 0 saturated heterocycles. The van der Waals surface area contributed by atoms with Gasteiger partial charge in [0, 0.05) is 22.6 Å². The van der Waals surface area contributed by atoms with Crippen LogP contribution in [0.25, 0.3) is 11.3 Å². The van der Waals surface area contributed by atoms with Gasteiger partial charge in [-0.3, -0.25) is 19.9 Å². The fraction of sp³-hybridized carbons (Fsp3) is 0.174. The number of carbonyl (C=O) groups excluding carboxylic acids is 1. The first kappa shape index (κ1) is 23.4. The quantitative estimate of drug-likeness (QED) is 0.227. The maximum atomic E-state index is 11.8. The molecule has 11 heteroatoms. The van der Waals surface area contributed by atoms with Gasteiger partial charge in [-0.05, 0) is 38.1 Å². The van der Waals surface area contributed by atoms with E-state index in [9.17, 15) is 14.9 Å². The van der Waals surface area contributed by atoms with Gasteiger partial charge in [-0.2, -0.15) is 5.10 Å². The Morgan fingerprint density at radius 1 is 1.32 bits per heavy atom. The second-order valence-corrected chi connectivity index (χ2v) is 8.89. The molecule has 1 aliphatic heterocycles. The average molecular weight is 498 g/mol. The largest absolute Gasteiger partial charge is 0.482 e. The van der Waals surface area contributed by atoms with Crippen LogP contribution in [-0.4, -0.2) is 34.4 Å². The van der Waals surface area contributed by atoms with Crippen LogP contribution in [0.1, 0.15) is 19.4 Å². The number of halogens is 1. The number of aromatic nitrogens is 1. The van der Waals surface area contributed by atoms with E-state index in [2.05, 4.69) is 16.9 Å². The molecule has 0 atom stereocenters. The fourth-order valence-electron chi connectivity index (χ4n) is 3.23. The molecule has 9 nitrogen and oxygen atoms in total. The number of nitro groups is 1. The van der Waals surface area contributed by atoms with E-state index in [1.165, 1.54) is 23.5 Å². The third kappa shape index (κ3) is 4.92. The van der Waals surface area contributed by atoms with Gasteiger partial charge in [-0.1, -0.05) is 29.8 Å². The fourth-order valence-corrected chi connectivity index (χ4v) is 4.25. The van der Waals surface area contributed by atoms with Gasteiger partial charge in [0.15, 0.2) is 6.61 Å². The number of fused-ring (bicyclic) bond motifs is 1. The number of hydrogen-bond acceptors (Lipinski definition) is 7. The van der Waals surface area contributed by atoms with Crippen molar-refractivity contribution >= 4 is 45.9 Å². The number of nitrogens with one attached hydrogen (secondary N) is 1. The molecule has 0 saturated carbocycles. The Morgan fingerprint density at radius 2 is 2.12 bits per heavy atom. The predicted octanol–water partition coefficient (Wildman–Crippen LogP) is 4.86. The summed E-state index contributed by atoms with van der Waals surface area (Å²) < 4.78 is 7.13. The molecule has 174 valence electrons. The van der Waals surface area contributed by atoms with Crippen LogP contribution in [-0.2, 0) is 4.79 Å². The minimum atomic E-state index is -0.528. The summed E-state index contributed by atoms with van der Waals surface area (Å²) in [5, 5.41) is 20.8. The summed E-state index contributed by atoms with van der Waals surface area (Å²) in [6.45, 7) is 7.94. The van der Waals surface area contributed by atoms with Crippen LogP contribution in [0, 0.1) is 10.1 Å². The molecule has 0 spiro atoms. The second-order valence-electron chi connectivity index (χ2n) is 7.65. The summed E-state index contributed by atoms with van der Waals surface area (Å²) in [5.41, 5.74) is 3.88. The average Bonchev–Trinajstić information content (AvgIpc) is 3.19. The number of amides is 1. The minimum Gasteiger partial charge on any atom is -0.482 e. The topological polar surface area (TPSA) is 111 Å². The first-order valence-electron chi connectivity index (χ1n) is 10.2. The smallest absolute Gasteiger partial charge is 0.288 e. The lowest BCUT2D eigenvalue weighted by atomic mass is 10.1. The van der Waals surface area contributed by atoms with Crippen LogP contribution in [0.5, 0.6) is 5.75 Å². The van der Waals surface area contributed by atoms with Crippen molar-refractivity contribution in [1.29, 1.82) is 0 Å². The van der Waals surface area contributed by atoms with E-state index >= 15 is 0 Å². The number of benzene rings is 2. The molecule has 0 radical (unpaired) electrons. The molecule has 1 amide bonds. The van der Waals surface area contributed by atoms with E-state index in [0.717, 1.165) is 16.8 Å². The van der Waals surface area contributed by atoms with E-state index in [4.69, 9.17) is 21.4 Å². The van der Waals surface area contributed by atoms with Crippen LogP contribution in [0.4, 0.5) is 11.4 Å². The zero-order valence-electron chi connectivity index (χ0n) is 18.4. The Balaban J connectivity index is 1.84. The highest BCUT2D eigenvalue weighted by Crippen LogP contribution is 2.33. The molecule has 0 bridgehead atoms. The summed E-state index contributed by atoms with van der Waals surface area (Å²) in [6.07, 6.45) is 0. The van der Waals surface area contributed by atoms with Gasteiger partial charge in [0.05, 0.1) is 28.6 Å². The highest BCUT2D eigenvalue weighted by atomic mass is 35.5. The molecular formula is C23H20ClN5O4S. The van der Waals surface area contributed by atoms with Crippen molar-refractivity contribution in [3.63, 3.8) is 0 Å². The SMILES string of the molecule is C=C(C)CN=c1scc(-c2ccc3c(c2)NC(=O)CO3)n1N=C(C)c1ccc(Cl)c([N+](=O)[O-])c1. The zero-order valence-corrected chi connectivity index (χ0v) is 19.9. The van der Waals surface area contributed by atoms with Crippen molar-refractivity contribution in [2.75, 3.05) is 18.5 Å². The van der Waals surface area contributed by atoms with E-state index in [1.807, 2.05) is 24.4 Å². The zero-order chi connectivity index (χ0) is 24.4. The van der Waals surface area contributed by atoms with Gasteiger partial charge >= 0.3 is 0 Å². The number of thiazole rings is 1. The van der Waals surface area contributed by atoms with E-state index in [0.29, 0.717) is 34.1 Å². The molecule has 2 heterocycles. The molecular weight excluding hydrogens is 478 g/mol. The van der Waals surface area contributed by atoms with Crippen molar-refractivity contribution in [2.45, 2.75) is 13.8 Å². The summed E-state index contributed by atoms with van der Waals surface area (Å²) in [5.74, 6) is 0.365. The highest BCUT2D eigenvalue weighted by Gasteiger charge is 2.18. The number of hydrogen-bond donors (Lipinski definition) is 1. The molecule has 1 N–H and O–H groups in total. The van der Waals surface area contributed by atoms with E-state index in [1.54, 1.807) is 23.7 Å². The maximum absolute atomic E-state index is 11.8. The van der Waals surface area contributed by atoms with Crippen molar-refractivity contribution in [1.82, 2.24) is 4.68 Å².